The highest BCUT2D eigenvalue weighted by molar-refractivity contribution is 5.80. The van der Waals surface area contributed by atoms with E-state index >= 15 is 0 Å². The molecule has 0 fully saturated rings. The van der Waals surface area contributed by atoms with E-state index in [0.29, 0.717) is 24.7 Å². The van der Waals surface area contributed by atoms with Crippen LogP contribution in [0.2, 0.25) is 0 Å². The van der Waals surface area contributed by atoms with Crippen LogP contribution in [-0.4, -0.2) is 37.3 Å². The lowest BCUT2D eigenvalue weighted by Crippen LogP contribution is -2.37. The van der Waals surface area contributed by atoms with Gasteiger partial charge in [0.15, 0.2) is 0 Å². The number of carbonyl (C=O) groups is 1. The van der Waals surface area contributed by atoms with E-state index < -0.39 is 0 Å². The van der Waals surface area contributed by atoms with Crippen molar-refractivity contribution in [3.8, 4) is 11.4 Å². The molecular formula is C19H21N5O2. The van der Waals surface area contributed by atoms with Gasteiger partial charge in [-0.2, -0.15) is 10.1 Å². The predicted octanol–water partition coefficient (Wildman–Crippen LogP) is 3.10. The summed E-state index contributed by atoms with van der Waals surface area (Å²) in [6.07, 6.45) is 5.77. The quantitative estimate of drug-likeness (QED) is 0.583. The molecule has 26 heavy (non-hydrogen) atoms. The van der Waals surface area contributed by atoms with Crippen molar-refractivity contribution in [2.75, 3.05) is 6.54 Å². The maximum atomic E-state index is 13.0. The van der Waals surface area contributed by atoms with Crippen molar-refractivity contribution in [1.82, 2.24) is 24.8 Å². The van der Waals surface area contributed by atoms with E-state index in [1.54, 1.807) is 34.1 Å². The molecule has 1 aromatic carbocycles. The van der Waals surface area contributed by atoms with Crippen LogP contribution in [0, 0.1) is 0 Å². The van der Waals surface area contributed by atoms with Crippen LogP contribution in [0.5, 0.6) is 0 Å². The summed E-state index contributed by atoms with van der Waals surface area (Å²) >= 11 is 0. The Morgan fingerprint density at radius 2 is 2.15 bits per heavy atom. The summed E-state index contributed by atoms with van der Waals surface area (Å²) < 4.78 is 7.01. The molecule has 0 N–H and O–H groups in total. The Balaban J connectivity index is 1.77. The second-order valence-corrected chi connectivity index (χ2v) is 5.80. The monoisotopic (exact) mass is 351 g/mol. The molecule has 7 nitrogen and oxygen atoms in total. The van der Waals surface area contributed by atoms with Gasteiger partial charge in [0.1, 0.15) is 12.6 Å². The minimum Gasteiger partial charge on any atom is -0.337 e. The number of hydrogen-bond acceptors (Lipinski definition) is 5. The molecule has 0 spiro atoms. The Hall–Kier alpha value is -3.22. The van der Waals surface area contributed by atoms with Gasteiger partial charge in [0.2, 0.25) is 17.6 Å². The number of hydrogen-bond donors (Lipinski definition) is 0. The Kier molecular flexibility index (Phi) is 5.58. The fourth-order valence-electron chi connectivity index (χ4n) is 2.73. The van der Waals surface area contributed by atoms with E-state index in [0.717, 1.165) is 5.56 Å². The van der Waals surface area contributed by atoms with E-state index in [1.807, 2.05) is 37.3 Å². The van der Waals surface area contributed by atoms with Gasteiger partial charge in [-0.15, -0.1) is 6.58 Å². The van der Waals surface area contributed by atoms with E-state index in [4.69, 9.17) is 4.52 Å². The maximum Gasteiger partial charge on any atom is 0.248 e. The lowest BCUT2D eigenvalue weighted by molar-refractivity contribution is -0.135. The van der Waals surface area contributed by atoms with Crippen LogP contribution in [0.3, 0.4) is 0 Å². The van der Waals surface area contributed by atoms with Gasteiger partial charge >= 0.3 is 0 Å². The SMILES string of the molecule is C=CCN(Cc1nc(-c2ccccc2)no1)C(=O)C(CC)n1cccn1. The van der Waals surface area contributed by atoms with Crippen molar-refractivity contribution in [2.45, 2.75) is 25.9 Å². The molecule has 0 aliphatic rings. The summed E-state index contributed by atoms with van der Waals surface area (Å²) in [5.41, 5.74) is 0.868. The molecule has 1 amide bonds. The number of aromatic nitrogens is 4. The van der Waals surface area contributed by atoms with Gasteiger partial charge in [-0.1, -0.05) is 48.5 Å². The van der Waals surface area contributed by atoms with Crippen molar-refractivity contribution in [2.24, 2.45) is 0 Å². The second kappa shape index (κ2) is 8.24. The zero-order valence-electron chi connectivity index (χ0n) is 14.7. The fraction of sp³-hybridized carbons (Fsp3) is 0.263. The van der Waals surface area contributed by atoms with Gasteiger partial charge in [0, 0.05) is 24.5 Å². The third-order valence-corrected chi connectivity index (χ3v) is 4.00. The van der Waals surface area contributed by atoms with Crippen molar-refractivity contribution in [1.29, 1.82) is 0 Å². The zero-order chi connectivity index (χ0) is 18.4. The average Bonchev–Trinajstić information content (AvgIpc) is 3.35. The third kappa shape index (κ3) is 3.88. The van der Waals surface area contributed by atoms with Crippen LogP contribution in [0.15, 0.2) is 66.0 Å². The molecule has 1 atom stereocenters. The van der Waals surface area contributed by atoms with Crippen LogP contribution in [0.25, 0.3) is 11.4 Å². The number of rotatable bonds is 8. The smallest absolute Gasteiger partial charge is 0.248 e. The highest BCUT2D eigenvalue weighted by Crippen LogP contribution is 2.18. The molecule has 0 saturated carbocycles. The molecule has 2 heterocycles. The van der Waals surface area contributed by atoms with E-state index in [1.165, 1.54) is 0 Å². The van der Waals surface area contributed by atoms with Crippen LogP contribution in [0.1, 0.15) is 25.3 Å². The molecule has 1 unspecified atom stereocenters. The molecule has 0 radical (unpaired) electrons. The topological polar surface area (TPSA) is 77.0 Å². The van der Waals surface area contributed by atoms with Crippen molar-refractivity contribution < 1.29 is 9.32 Å². The van der Waals surface area contributed by atoms with Crippen molar-refractivity contribution >= 4 is 5.91 Å². The zero-order valence-corrected chi connectivity index (χ0v) is 14.7. The summed E-state index contributed by atoms with van der Waals surface area (Å²) in [5.74, 6) is 0.829. The third-order valence-electron chi connectivity index (χ3n) is 4.00. The fourth-order valence-corrected chi connectivity index (χ4v) is 2.73. The molecule has 3 rings (SSSR count). The van der Waals surface area contributed by atoms with Crippen LogP contribution in [-0.2, 0) is 11.3 Å². The molecule has 0 bridgehead atoms. The molecule has 0 aliphatic heterocycles. The minimum atomic E-state index is -0.374. The summed E-state index contributed by atoms with van der Waals surface area (Å²) in [4.78, 5) is 19.0. The first-order valence-electron chi connectivity index (χ1n) is 8.49. The first-order chi connectivity index (χ1) is 12.7. The highest BCUT2D eigenvalue weighted by atomic mass is 16.5. The number of carbonyl (C=O) groups excluding carboxylic acids is 1. The molecule has 7 heteroatoms. The van der Waals surface area contributed by atoms with Gasteiger partial charge in [0.25, 0.3) is 0 Å². The largest absolute Gasteiger partial charge is 0.337 e. The van der Waals surface area contributed by atoms with E-state index in [-0.39, 0.29) is 18.5 Å². The summed E-state index contributed by atoms with van der Waals surface area (Å²) in [6.45, 7) is 6.31. The number of amides is 1. The van der Waals surface area contributed by atoms with Crippen molar-refractivity contribution in [3.63, 3.8) is 0 Å². The Bertz CT molecular complexity index is 842. The number of benzene rings is 1. The van der Waals surface area contributed by atoms with Gasteiger partial charge in [0.05, 0.1) is 0 Å². The Labute approximate surface area is 151 Å². The van der Waals surface area contributed by atoms with Crippen molar-refractivity contribution in [3.05, 3.63) is 67.3 Å². The standard InChI is InChI=1S/C19H21N5O2/c1-3-12-23(19(25)16(4-2)24-13-8-11-20-24)14-17-21-18(22-26-17)15-9-6-5-7-10-15/h3,5-11,13,16H,1,4,12,14H2,2H3. The molecule has 2 aromatic heterocycles. The maximum absolute atomic E-state index is 13.0. The predicted molar refractivity (Wildman–Crippen MR) is 96.9 cm³/mol. The van der Waals surface area contributed by atoms with Gasteiger partial charge in [-0.3, -0.25) is 9.48 Å². The van der Waals surface area contributed by atoms with Crippen LogP contribution in [0.4, 0.5) is 0 Å². The van der Waals surface area contributed by atoms with Crippen LogP contribution >= 0.6 is 0 Å². The number of nitrogens with zero attached hydrogens (tertiary/aromatic N) is 5. The lowest BCUT2D eigenvalue weighted by atomic mass is 10.2. The summed E-state index contributed by atoms with van der Waals surface area (Å²) in [7, 11) is 0. The summed E-state index contributed by atoms with van der Waals surface area (Å²) in [5, 5.41) is 8.20. The van der Waals surface area contributed by atoms with Gasteiger partial charge in [-0.05, 0) is 12.5 Å². The van der Waals surface area contributed by atoms with Crippen LogP contribution < -0.4 is 0 Å². The normalized spacial score (nSPS) is 11.9. The molecule has 134 valence electrons. The first kappa shape index (κ1) is 17.6. The Morgan fingerprint density at radius 1 is 1.35 bits per heavy atom. The molecular weight excluding hydrogens is 330 g/mol. The second-order valence-electron chi connectivity index (χ2n) is 5.80. The van der Waals surface area contributed by atoms with Gasteiger partial charge in [-0.25, -0.2) is 0 Å². The summed E-state index contributed by atoms with van der Waals surface area (Å²) in [6, 6.07) is 11.0. The van der Waals surface area contributed by atoms with Gasteiger partial charge < -0.3 is 9.42 Å². The highest BCUT2D eigenvalue weighted by Gasteiger charge is 2.25. The average molecular weight is 351 g/mol. The molecule has 0 aliphatic carbocycles. The first-order valence-corrected chi connectivity index (χ1v) is 8.49. The minimum absolute atomic E-state index is 0.0597. The lowest BCUT2D eigenvalue weighted by Gasteiger charge is -2.24. The van der Waals surface area contributed by atoms with E-state index in [2.05, 4.69) is 21.8 Å². The molecule has 0 saturated heterocycles. The Morgan fingerprint density at radius 3 is 2.81 bits per heavy atom. The molecule has 3 aromatic rings. The van der Waals surface area contributed by atoms with E-state index in [9.17, 15) is 4.79 Å².